The Morgan fingerprint density at radius 3 is 2.17 bits per heavy atom. The van der Waals surface area contributed by atoms with Crippen molar-refractivity contribution in [2.75, 3.05) is 19.8 Å². The molecular weight excluding hydrogens is 478 g/mol. The van der Waals surface area contributed by atoms with E-state index in [0.717, 1.165) is 6.20 Å². The number of pyridine rings is 1. The monoisotopic (exact) mass is 507 g/mol. The van der Waals surface area contributed by atoms with E-state index in [9.17, 15) is 22.8 Å². The van der Waals surface area contributed by atoms with Crippen molar-refractivity contribution >= 4 is 28.0 Å². The van der Waals surface area contributed by atoms with Crippen molar-refractivity contribution in [3.8, 4) is 5.88 Å². The zero-order valence-corrected chi connectivity index (χ0v) is 20.6. The minimum atomic E-state index is -4.21. The first-order valence-electron chi connectivity index (χ1n) is 11.1. The first kappa shape index (κ1) is 27.7. The van der Waals surface area contributed by atoms with E-state index in [1.165, 1.54) is 36.4 Å². The minimum Gasteiger partial charge on any atom is -0.431 e. The van der Waals surface area contributed by atoms with Gasteiger partial charge >= 0.3 is 6.16 Å². The normalized spacial score (nSPS) is 11.1. The van der Waals surface area contributed by atoms with E-state index in [1.54, 1.807) is 0 Å². The third kappa shape index (κ3) is 8.65. The zero-order valence-electron chi connectivity index (χ0n) is 19.8. The largest absolute Gasteiger partial charge is 0.515 e. The Kier molecular flexibility index (Phi) is 10.6. The molecular formula is C23H29N3O8S. The maximum absolute atomic E-state index is 12.6. The van der Waals surface area contributed by atoms with Gasteiger partial charge in [0.1, 0.15) is 6.10 Å². The molecule has 12 heteroatoms. The number of hydrogen-bond acceptors (Lipinski definition) is 9. The summed E-state index contributed by atoms with van der Waals surface area (Å²) >= 11 is 0. The maximum Gasteiger partial charge on any atom is 0.515 e. The third-order valence-corrected chi connectivity index (χ3v) is 6.10. The van der Waals surface area contributed by atoms with E-state index in [2.05, 4.69) is 10.3 Å². The molecule has 1 aromatic heterocycles. The van der Waals surface area contributed by atoms with E-state index in [4.69, 9.17) is 14.2 Å². The number of nitrogens with zero attached hydrogens (tertiary/aromatic N) is 1. The molecule has 2 amide bonds. The number of aromatic nitrogens is 1. The molecule has 1 heterocycles. The molecule has 0 spiro atoms. The number of nitrogens with one attached hydrogen (secondary N) is 2. The van der Waals surface area contributed by atoms with Crippen LogP contribution < -0.4 is 14.8 Å². The Bertz CT molecular complexity index is 1100. The van der Waals surface area contributed by atoms with Crippen LogP contribution >= 0.6 is 0 Å². The molecule has 0 saturated carbocycles. The summed E-state index contributed by atoms with van der Waals surface area (Å²) < 4.78 is 42.2. The number of benzene rings is 1. The molecule has 2 aromatic rings. The van der Waals surface area contributed by atoms with Crippen LogP contribution in [0.2, 0.25) is 0 Å². The van der Waals surface area contributed by atoms with Crippen LogP contribution in [0.3, 0.4) is 0 Å². The molecule has 1 aromatic carbocycles. The minimum absolute atomic E-state index is 0.0698. The smallest absolute Gasteiger partial charge is 0.431 e. The second-order valence-electron chi connectivity index (χ2n) is 7.21. The van der Waals surface area contributed by atoms with Gasteiger partial charge in [-0.3, -0.25) is 9.59 Å². The molecule has 2 N–H and O–H groups in total. The highest BCUT2D eigenvalue weighted by atomic mass is 32.2. The second-order valence-corrected chi connectivity index (χ2v) is 8.89. The molecule has 0 atom stereocenters. The standard InChI is InChI=1S/C23H29N3O8S/c1-4-18(5-2)33-23(29)34-20-12-9-17(15-25-20)22(28)26-35(30,31)19-10-7-16(8-11-19)21(27)24-13-14-32-6-3/h7-12,15,18H,4-6,13-14H2,1-3H3,(H,24,27)(H,26,28). The van der Waals surface area contributed by atoms with Crippen LogP contribution in [-0.4, -0.2) is 57.2 Å². The van der Waals surface area contributed by atoms with Crippen molar-refractivity contribution < 1.29 is 37.0 Å². The molecule has 0 bridgehead atoms. The van der Waals surface area contributed by atoms with Crippen molar-refractivity contribution in [2.24, 2.45) is 0 Å². The lowest BCUT2D eigenvalue weighted by Crippen LogP contribution is -2.31. The van der Waals surface area contributed by atoms with Gasteiger partial charge in [-0.2, -0.15) is 0 Å². The van der Waals surface area contributed by atoms with Gasteiger partial charge in [-0.15, -0.1) is 0 Å². The second kappa shape index (κ2) is 13.4. The predicted octanol–water partition coefficient (Wildman–Crippen LogP) is 2.67. The van der Waals surface area contributed by atoms with Crippen molar-refractivity contribution in [3.05, 3.63) is 53.7 Å². The Morgan fingerprint density at radius 2 is 1.60 bits per heavy atom. The van der Waals surface area contributed by atoms with E-state index in [0.29, 0.717) is 32.6 Å². The average Bonchev–Trinajstić information content (AvgIpc) is 2.85. The lowest BCUT2D eigenvalue weighted by Gasteiger charge is -2.13. The van der Waals surface area contributed by atoms with Crippen LogP contribution in [0, 0.1) is 0 Å². The first-order valence-corrected chi connectivity index (χ1v) is 12.6. The predicted molar refractivity (Wildman–Crippen MR) is 126 cm³/mol. The highest BCUT2D eigenvalue weighted by Gasteiger charge is 2.20. The fraction of sp³-hybridized carbons (Fsp3) is 0.391. The van der Waals surface area contributed by atoms with Gasteiger partial charge in [-0.1, -0.05) is 13.8 Å². The number of ether oxygens (including phenoxy) is 3. The molecule has 11 nitrogen and oxygen atoms in total. The number of rotatable bonds is 12. The van der Waals surface area contributed by atoms with Crippen LogP contribution in [0.5, 0.6) is 5.88 Å². The Balaban J connectivity index is 1.96. The Hall–Kier alpha value is -3.51. The molecule has 2 rings (SSSR count). The number of hydrogen-bond donors (Lipinski definition) is 2. The van der Waals surface area contributed by atoms with Gasteiger partial charge in [0.05, 0.1) is 17.1 Å². The molecule has 0 aliphatic heterocycles. The zero-order chi connectivity index (χ0) is 25.8. The van der Waals surface area contributed by atoms with Crippen LogP contribution in [0.25, 0.3) is 0 Å². The number of carbonyl (C=O) groups is 3. The van der Waals surface area contributed by atoms with E-state index < -0.39 is 22.1 Å². The molecule has 0 aliphatic rings. The average molecular weight is 508 g/mol. The molecule has 0 radical (unpaired) electrons. The maximum atomic E-state index is 12.6. The highest BCUT2D eigenvalue weighted by Crippen LogP contribution is 2.14. The van der Waals surface area contributed by atoms with Gasteiger partial charge < -0.3 is 19.5 Å². The lowest BCUT2D eigenvalue weighted by molar-refractivity contribution is 0.0538. The van der Waals surface area contributed by atoms with Gasteiger partial charge in [0.2, 0.25) is 5.88 Å². The number of carbonyl (C=O) groups excluding carboxylic acids is 3. The topological polar surface area (TPSA) is 150 Å². The summed E-state index contributed by atoms with van der Waals surface area (Å²) in [5.74, 6) is -1.41. The summed E-state index contributed by atoms with van der Waals surface area (Å²) in [6.45, 7) is 6.81. The van der Waals surface area contributed by atoms with Crippen LogP contribution in [0.1, 0.15) is 54.3 Å². The van der Waals surface area contributed by atoms with E-state index >= 15 is 0 Å². The summed E-state index contributed by atoms with van der Waals surface area (Å²) in [7, 11) is -4.21. The molecule has 35 heavy (non-hydrogen) atoms. The van der Waals surface area contributed by atoms with Gasteiger partial charge in [-0.25, -0.2) is 22.9 Å². The molecule has 190 valence electrons. The van der Waals surface area contributed by atoms with Gasteiger partial charge in [-0.05, 0) is 50.1 Å². The van der Waals surface area contributed by atoms with Crippen LogP contribution in [0.4, 0.5) is 4.79 Å². The lowest BCUT2D eigenvalue weighted by atomic mass is 10.2. The first-order chi connectivity index (χ1) is 16.7. The molecule has 0 aliphatic carbocycles. The van der Waals surface area contributed by atoms with Gasteiger partial charge in [0.25, 0.3) is 21.8 Å². The van der Waals surface area contributed by atoms with Crippen molar-refractivity contribution in [1.82, 2.24) is 15.0 Å². The van der Waals surface area contributed by atoms with Crippen LogP contribution in [0.15, 0.2) is 47.5 Å². The quantitative estimate of drug-likeness (QED) is 0.326. The summed E-state index contributed by atoms with van der Waals surface area (Å²) in [5, 5.41) is 2.65. The van der Waals surface area contributed by atoms with E-state index in [-0.39, 0.29) is 33.9 Å². The van der Waals surface area contributed by atoms with Gasteiger partial charge in [0, 0.05) is 31.0 Å². The van der Waals surface area contributed by atoms with E-state index in [1.807, 2.05) is 25.5 Å². The summed E-state index contributed by atoms with van der Waals surface area (Å²) in [6.07, 6.45) is 1.15. The number of amides is 2. The fourth-order valence-electron chi connectivity index (χ4n) is 2.78. The summed E-state index contributed by atoms with van der Waals surface area (Å²) in [5.41, 5.74) is 0.189. The van der Waals surface area contributed by atoms with Gasteiger partial charge in [0.15, 0.2) is 0 Å². The van der Waals surface area contributed by atoms with Crippen LogP contribution in [-0.2, 0) is 19.5 Å². The summed E-state index contributed by atoms with van der Waals surface area (Å²) in [6, 6.07) is 7.61. The van der Waals surface area contributed by atoms with Crippen molar-refractivity contribution in [2.45, 2.75) is 44.6 Å². The Morgan fingerprint density at radius 1 is 0.943 bits per heavy atom. The Labute approximate surface area is 204 Å². The fourth-order valence-corrected chi connectivity index (χ4v) is 3.76. The van der Waals surface area contributed by atoms with Crippen molar-refractivity contribution in [1.29, 1.82) is 0 Å². The number of sulfonamides is 1. The molecule has 0 unspecified atom stereocenters. The SMILES string of the molecule is CCOCCNC(=O)c1ccc(S(=O)(=O)NC(=O)c2ccc(OC(=O)OC(CC)CC)nc2)cc1. The third-order valence-electron chi connectivity index (χ3n) is 4.75. The molecule has 0 saturated heterocycles. The summed E-state index contributed by atoms with van der Waals surface area (Å²) in [4.78, 5) is 39.9. The van der Waals surface area contributed by atoms with Crippen molar-refractivity contribution in [3.63, 3.8) is 0 Å². The highest BCUT2D eigenvalue weighted by molar-refractivity contribution is 7.90. The molecule has 0 fully saturated rings.